The van der Waals surface area contributed by atoms with Crippen molar-refractivity contribution in [2.45, 2.75) is 43.2 Å². The lowest BCUT2D eigenvalue weighted by Crippen LogP contribution is -2.52. The minimum absolute atomic E-state index is 0.0696. The fraction of sp³-hybridized carbons (Fsp3) is 0.440. The summed E-state index contributed by atoms with van der Waals surface area (Å²) in [6.45, 7) is 1.05. The van der Waals surface area contributed by atoms with Crippen molar-refractivity contribution >= 4 is 33.3 Å². The van der Waals surface area contributed by atoms with Crippen LogP contribution in [0.3, 0.4) is 0 Å². The summed E-state index contributed by atoms with van der Waals surface area (Å²) in [6, 6.07) is 12.5. The molecule has 1 aliphatic heterocycles. The average molecular weight is 467 g/mol. The van der Waals surface area contributed by atoms with Crippen LogP contribution in [0.4, 0.5) is 10.5 Å². The zero-order chi connectivity index (χ0) is 23.0. The predicted molar refractivity (Wildman–Crippen MR) is 132 cm³/mol. The Bertz CT molecular complexity index is 1170. The molecule has 3 atom stereocenters. The highest BCUT2D eigenvalue weighted by Gasteiger charge is 2.50. The van der Waals surface area contributed by atoms with Gasteiger partial charge in [0.25, 0.3) is 0 Å². The number of fused-ring (bicyclic) bond motifs is 2. The summed E-state index contributed by atoms with van der Waals surface area (Å²) in [6.07, 6.45) is 4.00. The van der Waals surface area contributed by atoms with Crippen LogP contribution < -0.4 is 20.1 Å². The SMILES string of the molecule is COc1ccc(C23CCC(NC(=O)Nc4ccc5ncsc5c4)CC2N(C)CC3)cc1OC. The van der Waals surface area contributed by atoms with E-state index in [-0.39, 0.29) is 17.5 Å². The Morgan fingerprint density at radius 3 is 2.82 bits per heavy atom. The molecule has 174 valence electrons. The maximum absolute atomic E-state index is 12.8. The van der Waals surface area contributed by atoms with Crippen LogP contribution in [0.25, 0.3) is 10.2 Å². The topological polar surface area (TPSA) is 75.7 Å². The molecule has 0 radical (unpaired) electrons. The lowest BCUT2D eigenvalue weighted by molar-refractivity contribution is 0.156. The Labute approximate surface area is 198 Å². The number of anilines is 1. The normalized spacial score (nSPS) is 24.9. The summed E-state index contributed by atoms with van der Waals surface area (Å²) < 4.78 is 12.1. The number of carbonyl (C=O) groups is 1. The van der Waals surface area contributed by atoms with Crippen LogP contribution in [0.2, 0.25) is 0 Å². The summed E-state index contributed by atoms with van der Waals surface area (Å²) in [5.74, 6) is 1.53. The van der Waals surface area contributed by atoms with Crippen LogP contribution in [0, 0.1) is 0 Å². The van der Waals surface area contributed by atoms with Crippen LogP contribution in [-0.4, -0.2) is 55.8 Å². The highest BCUT2D eigenvalue weighted by Crippen LogP contribution is 2.49. The number of likely N-dealkylation sites (N-methyl/N-ethyl adjacent to an activating group) is 1. The van der Waals surface area contributed by atoms with Gasteiger partial charge in [-0.25, -0.2) is 9.78 Å². The van der Waals surface area contributed by atoms with Crippen LogP contribution >= 0.6 is 11.3 Å². The molecule has 7 nitrogen and oxygen atoms in total. The van der Waals surface area contributed by atoms with E-state index in [0.717, 1.165) is 59.6 Å². The highest BCUT2D eigenvalue weighted by atomic mass is 32.1. The van der Waals surface area contributed by atoms with E-state index in [0.29, 0.717) is 6.04 Å². The molecule has 3 aromatic rings. The third kappa shape index (κ3) is 4.02. The van der Waals surface area contributed by atoms with Crippen molar-refractivity contribution in [3.05, 3.63) is 47.5 Å². The Kier molecular flexibility index (Phi) is 5.88. The Balaban J connectivity index is 1.29. The van der Waals surface area contributed by atoms with Gasteiger partial charge >= 0.3 is 6.03 Å². The van der Waals surface area contributed by atoms with Crippen molar-refractivity contribution in [1.29, 1.82) is 0 Å². The van der Waals surface area contributed by atoms with Crippen molar-refractivity contribution < 1.29 is 14.3 Å². The lowest BCUT2D eigenvalue weighted by atomic mass is 9.65. The molecule has 33 heavy (non-hydrogen) atoms. The molecule has 1 saturated heterocycles. The van der Waals surface area contributed by atoms with E-state index < -0.39 is 0 Å². The monoisotopic (exact) mass is 466 g/mol. The van der Waals surface area contributed by atoms with E-state index in [2.05, 4.69) is 39.7 Å². The molecular weight excluding hydrogens is 436 g/mol. The largest absolute Gasteiger partial charge is 0.493 e. The molecule has 8 heteroatoms. The number of nitrogens with zero attached hydrogens (tertiary/aromatic N) is 2. The van der Waals surface area contributed by atoms with Crippen LogP contribution in [0.15, 0.2) is 41.9 Å². The number of urea groups is 1. The smallest absolute Gasteiger partial charge is 0.319 e. The second-order valence-electron chi connectivity index (χ2n) is 9.08. The lowest BCUT2D eigenvalue weighted by Gasteiger charge is -2.45. The first kappa shape index (κ1) is 22.0. The van der Waals surface area contributed by atoms with Crippen LogP contribution in [0.1, 0.15) is 31.2 Å². The molecule has 0 spiro atoms. The van der Waals surface area contributed by atoms with Gasteiger partial charge in [-0.2, -0.15) is 0 Å². The fourth-order valence-corrected chi connectivity index (χ4v) is 6.40. The number of benzene rings is 2. The molecule has 2 amide bonds. The molecule has 1 saturated carbocycles. The maximum atomic E-state index is 12.8. The van der Waals surface area contributed by atoms with Gasteiger partial charge in [-0.05, 0) is 75.2 Å². The number of amides is 2. The molecule has 2 aromatic carbocycles. The molecular formula is C25H30N4O3S. The first-order valence-electron chi connectivity index (χ1n) is 11.4. The quantitative estimate of drug-likeness (QED) is 0.573. The van der Waals surface area contributed by atoms with Crippen molar-refractivity contribution in [1.82, 2.24) is 15.2 Å². The summed E-state index contributed by atoms with van der Waals surface area (Å²) in [7, 11) is 5.54. The van der Waals surface area contributed by atoms with Gasteiger partial charge < -0.3 is 25.0 Å². The summed E-state index contributed by atoms with van der Waals surface area (Å²) in [5, 5.41) is 6.21. The van der Waals surface area contributed by atoms with Gasteiger partial charge in [0.2, 0.25) is 0 Å². The van der Waals surface area contributed by atoms with Crippen molar-refractivity contribution in [3.8, 4) is 11.5 Å². The van der Waals surface area contributed by atoms with E-state index >= 15 is 0 Å². The van der Waals surface area contributed by atoms with Crippen molar-refractivity contribution in [3.63, 3.8) is 0 Å². The number of aromatic nitrogens is 1. The summed E-state index contributed by atoms with van der Waals surface area (Å²) in [4.78, 5) is 19.5. The van der Waals surface area contributed by atoms with Crippen molar-refractivity contribution in [2.75, 3.05) is 33.1 Å². The van der Waals surface area contributed by atoms with Gasteiger partial charge in [-0.1, -0.05) is 6.07 Å². The molecule has 1 aliphatic carbocycles. The van der Waals surface area contributed by atoms with Gasteiger partial charge in [0.05, 0.1) is 29.9 Å². The predicted octanol–water partition coefficient (Wildman–Crippen LogP) is 4.63. The molecule has 2 fully saturated rings. The first-order chi connectivity index (χ1) is 16.0. The number of thiazole rings is 1. The third-order valence-corrected chi connectivity index (χ3v) is 8.20. The molecule has 5 rings (SSSR count). The second-order valence-corrected chi connectivity index (χ2v) is 9.96. The molecule has 2 heterocycles. The average Bonchev–Trinajstić information content (AvgIpc) is 3.43. The summed E-state index contributed by atoms with van der Waals surface area (Å²) >= 11 is 1.57. The minimum Gasteiger partial charge on any atom is -0.493 e. The molecule has 3 unspecified atom stereocenters. The van der Waals surface area contributed by atoms with Gasteiger partial charge in [-0.15, -0.1) is 11.3 Å². The number of rotatable bonds is 5. The number of ether oxygens (including phenoxy) is 2. The fourth-order valence-electron chi connectivity index (χ4n) is 5.68. The minimum atomic E-state index is -0.150. The van der Waals surface area contributed by atoms with Gasteiger partial charge in [0.15, 0.2) is 11.5 Å². The van der Waals surface area contributed by atoms with Crippen LogP contribution in [0.5, 0.6) is 11.5 Å². The number of nitrogens with one attached hydrogen (secondary N) is 2. The van der Waals surface area contributed by atoms with Crippen molar-refractivity contribution in [2.24, 2.45) is 0 Å². The van der Waals surface area contributed by atoms with E-state index in [1.165, 1.54) is 5.56 Å². The van der Waals surface area contributed by atoms with Gasteiger partial charge in [0.1, 0.15) is 0 Å². The zero-order valence-corrected chi connectivity index (χ0v) is 20.1. The Morgan fingerprint density at radius 2 is 2.00 bits per heavy atom. The second kappa shape index (κ2) is 8.83. The number of likely N-dealkylation sites (tertiary alicyclic amines) is 1. The third-order valence-electron chi connectivity index (χ3n) is 7.41. The molecule has 0 bridgehead atoms. The Morgan fingerprint density at radius 1 is 1.15 bits per heavy atom. The van der Waals surface area contributed by atoms with Gasteiger partial charge in [-0.3, -0.25) is 0 Å². The molecule has 2 aliphatic rings. The van der Waals surface area contributed by atoms with E-state index in [4.69, 9.17) is 9.47 Å². The van der Waals surface area contributed by atoms with E-state index in [1.54, 1.807) is 25.6 Å². The molecule has 2 N–H and O–H groups in total. The highest BCUT2D eigenvalue weighted by molar-refractivity contribution is 7.16. The first-order valence-corrected chi connectivity index (χ1v) is 12.2. The Hall–Kier alpha value is -2.84. The number of methoxy groups -OCH3 is 2. The number of hydrogen-bond donors (Lipinski definition) is 2. The maximum Gasteiger partial charge on any atom is 0.319 e. The molecule has 1 aromatic heterocycles. The number of hydrogen-bond acceptors (Lipinski definition) is 6. The number of carbonyl (C=O) groups excluding carboxylic acids is 1. The van der Waals surface area contributed by atoms with Gasteiger partial charge in [0, 0.05) is 23.2 Å². The van der Waals surface area contributed by atoms with E-state index in [1.807, 2.05) is 29.8 Å². The van der Waals surface area contributed by atoms with E-state index in [9.17, 15) is 4.79 Å². The standard InChI is InChI=1S/C25H30N4O3S/c1-29-11-10-25(16-4-7-20(31-2)21(12-16)32-3)9-8-18(14-23(25)29)28-24(30)27-17-5-6-19-22(13-17)33-15-26-19/h4-7,12-13,15,18,23H,8-11,14H2,1-3H3,(H2,27,28,30). The zero-order valence-electron chi connectivity index (χ0n) is 19.3. The summed E-state index contributed by atoms with van der Waals surface area (Å²) in [5.41, 5.74) is 4.93. The van der Waals surface area contributed by atoms with Crippen LogP contribution in [-0.2, 0) is 5.41 Å².